The third-order valence-electron chi connectivity index (χ3n) is 10.5. The zero-order valence-corrected chi connectivity index (χ0v) is 31.8. The highest BCUT2D eigenvalue weighted by Gasteiger charge is 2.18. The summed E-state index contributed by atoms with van der Waals surface area (Å²) in [6.45, 7) is 4.01. The number of furan rings is 1. The number of hydrogen-bond acceptors (Lipinski definition) is 4. The van der Waals surface area contributed by atoms with E-state index in [9.17, 15) is 5.24 Å². The average Bonchev–Trinajstić information content (AvgIpc) is 3.72. The minimum atomic E-state index is -1.78. The SMILES string of the molecule is [2H]C1=C(c2nc(-c3cc(C)cc(C)c3)nc(-c3ccc4c5ccccc5c5ccccc5c4c3)n2)S([2H])=c2oc3c([2H])c([2H])c(-c4ccc(-c5ccccc5)cc4)c([2H])c3c2=C1[2H]. The van der Waals surface area contributed by atoms with E-state index < -0.39 is 11.3 Å². The van der Waals surface area contributed by atoms with Crippen molar-refractivity contribution in [2.45, 2.75) is 13.8 Å². The van der Waals surface area contributed by atoms with Gasteiger partial charge in [-0.2, -0.15) is 0 Å². The van der Waals surface area contributed by atoms with E-state index in [-0.39, 0.29) is 67.4 Å². The summed E-state index contributed by atoms with van der Waals surface area (Å²) in [4.78, 5) is 15.0. The molecule has 8 aromatic carbocycles. The van der Waals surface area contributed by atoms with E-state index >= 15 is 0 Å². The summed E-state index contributed by atoms with van der Waals surface area (Å²) in [5.41, 5.74) is 6.19. The van der Waals surface area contributed by atoms with Crippen molar-refractivity contribution in [3.63, 3.8) is 0 Å². The van der Waals surface area contributed by atoms with E-state index in [4.69, 9.17) is 22.1 Å². The van der Waals surface area contributed by atoms with E-state index in [0.717, 1.165) is 65.7 Å². The fourth-order valence-corrected chi connectivity index (χ4v) is 8.76. The second-order valence-electron chi connectivity index (χ2n) is 14.4. The zero-order chi connectivity index (χ0) is 43.3. The molecule has 11 rings (SSSR count). The van der Waals surface area contributed by atoms with Gasteiger partial charge in [-0.15, -0.1) is 11.3 Å². The van der Waals surface area contributed by atoms with Gasteiger partial charge in [-0.25, -0.2) is 15.0 Å². The Balaban J connectivity index is 1.12. The third-order valence-corrected chi connectivity index (χ3v) is 11.5. The highest BCUT2D eigenvalue weighted by Crippen LogP contribution is 2.38. The Labute approximate surface area is 341 Å². The Morgan fingerprint density at radius 3 is 1.70 bits per heavy atom. The van der Waals surface area contributed by atoms with Crippen molar-refractivity contribution in [1.82, 2.24) is 15.0 Å². The van der Waals surface area contributed by atoms with E-state index in [1.54, 1.807) is 0 Å². The van der Waals surface area contributed by atoms with E-state index in [1.807, 2.05) is 105 Å². The van der Waals surface area contributed by atoms with Crippen molar-refractivity contribution in [1.29, 1.82) is 1.12 Å². The van der Waals surface area contributed by atoms with Crippen LogP contribution in [0.5, 0.6) is 0 Å². The van der Waals surface area contributed by atoms with Gasteiger partial charge >= 0.3 is 0 Å². The molecule has 3 heterocycles. The summed E-state index contributed by atoms with van der Waals surface area (Å²) in [5, 5.41) is 6.87. The van der Waals surface area contributed by atoms with Crippen LogP contribution in [0.1, 0.15) is 23.8 Å². The first-order chi connectivity index (χ1) is 30.5. The highest BCUT2D eigenvalue weighted by atomic mass is 32.1. The number of hydrogen-bond donors (Lipinski definition) is 1. The summed E-state index contributed by atoms with van der Waals surface area (Å²) < 4.78 is 62.5. The number of aromatic nitrogens is 3. The van der Waals surface area contributed by atoms with Crippen LogP contribution in [-0.2, 0) is 0 Å². The molecule has 10 aromatic rings. The zero-order valence-electron chi connectivity index (χ0n) is 36.9. The first-order valence-electron chi connectivity index (χ1n) is 21.7. The molecule has 0 saturated heterocycles. The van der Waals surface area contributed by atoms with Crippen LogP contribution >= 0.6 is 11.3 Å². The second-order valence-corrected chi connectivity index (χ2v) is 15.4. The summed E-state index contributed by atoms with van der Waals surface area (Å²) in [5.74, 6) is 0.763. The largest absolute Gasteiger partial charge is 0.450 e. The minimum absolute atomic E-state index is 0.0259. The summed E-state index contributed by atoms with van der Waals surface area (Å²) in [6, 6.07) is 45.2. The van der Waals surface area contributed by atoms with Crippen molar-refractivity contribution in [3.05, 3.63) is 191 Å². The van der Waals surface area contributed by atoms with Crippen LogP contribution in [0.4, 0.5) is 0 Å². The molecule has 2 aromatic heterocycles. The maximum absolute atomic E-state index is 9.70. The number of aryl methyl sites for hydroxylation is 2. The maximum atomic E-state index is 9.70. The minimum Gasteiger partial charge on any atom is -0.450 e. The topological polar surface area (TPSA) is 51.8 Å². The highest BCUT2D eigenvalue weighted by molar-refractivity contribution is 8.00. The number of fused-ring (bicyclic) bond motifs is 9. The van der Waals surface area contributed by atoms with Crippen LogP contribution in [0.3, 0.4) is 0 Å². The molecule has 57 heavy (non-hydrogen) atoms. The fraction of sp³-hybridized carbons (Fsp3) is 0.0385. The second kappa shape index (κ2) is 13.4. The van der Waals surface area contributed by atoms with Crippen molar-refractivity contribution in [2.75, 3.05) is 0 Å². The lowest BCUT2D eigenvalue weighted by atomic mass is 9.93. The van der Waals surface area contributed by atoms with Gasteiger partial charge in [0.25, 0.3) is 0 Å². The van der Waals surface area contributed by atoms with Gasteiger partial charge in [0.15, 0.2) is 22.2 Å². The molecule has 0 radical (unpaired) electrons. The molecule has 0 bridgehead atoms. The molecule has 0 spiro atoms. The van der Waals surface area contributed by atoms with E-state index in [1.165, 1.54) is 0 Å². The lowest BCUT2D eigenvalue weighted by Crippen LogP contribution is -2.04. The smallest absolute Gasteiger partial charge is 0.169 e. The number of benzene rings is 8. The van der Waals surface area contributed by atoms with Gasteiger partial charge in [0, 0.05) is 26.6 Å². The molecule has 1 atom stereocenters. The lowest BCUT2D eigenvalue weighted by Gasteiger charge is -2.13. The Morgan fingerprint density at radius 2 is 1.02 bits per heavy atom. The first-order valence-corrected chi connectivity index (χ1v) is 19.6. The normalized spacial score (nSPS) is 15.7. The third kappa shape index (κ3) is 5.87. The molecule has 0 saturated carbocycles. The Hall–Kier alpha value is -6.95. The monoisotopic (exact) mass is 755 g/mol. The van der Waals surface area contributed by atoms with Gasteiger partial charge in [-0.05, 0) is 111 Å². The predicted molar refractivity (Wildman–Crippen MR) is 240 cm³/mol. The summed E-state index contributed by atoms with van der Waals surface area (Å²) in [7, 11) is 0. The molecule has 5 heteroatoms. The van der Waals surface area contributed by atoms with Crippen molar-refractivity contribution >= 4 is 65.5 Å². The summed E-state index contributed by atoms with van der Waals surface area (Å²) >= 11 is -1.78. The molecule has 4 nitrogen and oxygen atoms in total. The number of thiol groups is 1. The van der Waals surface area contributed by atoms with Gasteiger partial charge in [0.2, 0.25) is 0 Å². The van der Waals surface area contributed by atoms with Gasteiger partial charge in [0.1, 0.15) is 6.71 Å². The lowest BCUT2D eigenvalue weighted by molar-refractivity contribution is 0.595. The van der Waals surface area contributed by atoms with E-state index in [0.29, 0.717) is 17.2 Å². The quantitative estimate of drug-likeness (QED) is 0.108. The van der Waals surface area contributed by atoms with Crippen molar-refractivity contribution < 1.29 is 11.3 Å². The molecule has 0 aliphatic carbocycles. The molecule has 1 aliphatic rings. The van der Waals surface area contributed by atoms with Crippen LogP contribution in [0, 0.1) is 18.6 Å². The molecular formula is C52H35N3OS. The van der Waals surface area contributed by atoms with Gasteiger partial charge in [-0.3, -0.25) is 0 Å². The fourth-order valence-electron chi connectivity index (χ4n) is 7.91. The average molecular weight is 756 g/mol. The standard InChI is InChI=1S/C52H35N3OS/c1-31-26-32(2)28-38(27-31)50-53-49(37-20-22-43-41-14-7-6-12-39(41)40-13-8-9-15-42(40)45(43)30-37)54-51(55-50)48-25-23-44-46-29-36(21-24-47(46)56-52(44)57-48)35-18-16-34(17-19-35)33-10-4-3-5-11-33/h3-30,57H,1-2H3/i21D,23D,24D,25D,29D,57D. The molecule has 1 unspecified atom stereocenters. The van der Waals surface area contributed by atoms with Crippen molar-refractivity contribution in [3.8, 4) is 45.0 Å². The maximum Gasteiger partial charge on any atom is 0.169 e. The Morgan fingerprint density at radius 1 is 0.474 bits per heavy atom. The van der Waals surface area contributed by atoms with Gasteiger partial charge < -0.3 is 4.42 Å². The molecule has 0 N–H and O–H groups in total. The van der Waals surface area contributed by atoms with Crippen LogP contribution in [0.25, 0.3) is 99.3 Å². The van der Waals surface area contributed by atoms with Crippen LogP contribution in [-0.4, -0.2) is 16.1 Å². The van der Waals surface area contributed by atoms with Gasteiger partial charge in [0.05, 0.1) is 6.85 Å². The number of rotatable bonds is 5. The number of nitrogens with zero attached hydrogens (tertiary/aromatic N) is 3. The van der Waals surface area contributed by atoms with E-state index in [2.05, 4.69) is 48.5 Å². The molecule has 0 amide bonds. The van der Waals surface area contributed by atoms with Gasteiger partial charge in [-0.1, -0.05) is 138 Å². The van der Waals surface area contributed by atoms with Crippen LogP contribution < -0.4 is 5.22 Å². The van der Waals surface area contributed by atoms with Crippen LogP contribution in [0.2, 0.25) is 0 Å². The molecule has 1 aliphatic heterocycles. The first kappa shape index (κ1) is 27.6. The van der Waals surface area contributed by atoms with Crippen molar-refractivity contribution in [2.24, 2.45) is 0 Å². The molecule has 0 fully saturated rings. The Kier molecular flexibility index (Phi) is 6.47. The summed E-state index contributed by atoms with van der Waals surface area (Å²) in [6.07, 6.45) is 0. The number of allylic oxidation sites excluding steroid dienone is 1. The molecular weight excluding hydrogens is 715 g/mol. The van der Waals surface area contributed by atoms with Crippen LogP contribution in [0.15, 0.2) is 168 Å². The predicted octanol–water partition coefficient (Wildman–Crippen LogP) is 12.9. The Bertz CT molecular complexity index is 3720. The molecule has 270 valence electrons.